The zero-order chi connectivity index (χ0) is 20.6. The summed E-state index contributed by atoms with van der Waals surface area (Å²) in [5, 5.41) is 3.79. The second-order valence-electron chi connectivity index (χ2n) is 6.64. The topological polar surface area (TPSA) is 110 Å². The zero-order valence-corrected chi connectivity index (χ0v) is 16.8. The van der Waals surface area contributed by atoms with E-state index in [1.807, 2.05) is 14.1 Å². The molecule has 0 radical (unpaired) electrons. The molecule has 0 spiro atoms. The van der Waals surface area contributed by atoms with Gasteiger partial charge in [0, 0.05) is 19.5 Å². The van der Waals surface area contributed by atoms with Crippen molar-refractivity contribution < 1.29 is 27.3 Å². The normalized spacial score (nSPS) is 12.5. The Morgan fingerprint density at radius 1 is 1.04 bits per heavy atom. The van der Waals surface area contributed by atoms with Gasteiger partial charge in [0.15, 0.2) is 9.84 Å². The molecule has 0 saturated heterocycles. The van der Waals surface area contributed by atoms with Crippen LogP contribution in [0.4, 0.5) is 0 Å². The van der Waals surface area contributed by atoms with Crippen molar-refractivity contribution in [3.63, 3.8) is 0 Å². The summed E-state index contributed by atoms with van der Waals surface area (Å²) in [5.41, 5.74) is 0. The Kier molecular flexibility index (Phi) is 7.77. The van der Waals surface area contributed by atoms with Crippen molar-refractivity contribution in [3.8, 4) is 0 Å². The molecule has 1 aromatic heterocycles. The lowest BCUT2D eigenvalue weighted by molar-refractivity contribution is -0.858. The summed E-state index contributed by atoms with van der Waals surface area (Å²) < 4.78 is 31.2. The lowest BCUT2D eigenvalue weighted by Gasteiger charge is -2.16. The molecule has 2 rings (SSSR count). The second kappa shape index (κ2) is 10.0. The van der Waals surface area contributed by atoms with Gasteiger partial charge in [-0.3, -0.25) is 9.59 Å². The van der Waals surface area contributed by atoms with E-state index in [0.717, 1.165) is 13.0 Å². The highest BCUT2D eigenvalue weighted by Crippen LogP contribution is 2.28. The Balaban J connectivity index is 2.03. The van der Waals surface area contributed by atoms with Gasteiger partial charge >= 0.3 is 11.8 Å². The van der Waals surface area contributed by atoms with Crippen LogP contribution in [-0.4, -0.2) is 54.0 Å². The first-order chi connectivity index (χ1) is 13.3. The molecule has 0 bridgehead atoms. The smallest absolute Gasteiger partial charge is 0.309 e. The maximum atomic E-state index is 13.0. The summed E-state index contributed by atoms with van der Waals surface area (Å²) in [6.45, 7) is 0.956. The quantitative estimate of drug-likeness (QED) is 0.385. The number of furan rings is 1. The number of hydrogen-bond donors (Lipinski definition) is 3. The minimum absolute atomic E-state index is 0.112. The monoisotopic (exact) mass is 408 g/mol. The molecule has 3 N–H and O–H groups in total. The molecule has 1 atom stereocenters. The Hall–Kier alpha value is -2.65. The Morgan fingerprint density at radius 3 is 2.32 bits per heavy atom. The van der Waals surface area contributed by atoms with Crippen LogP contribution in [-0.2, 0) is 19.4 Å². The van der Waals surface area contributed by atoms with Crippen molar-refractivity contribution >= 4 is 21.7 Å². The van der Waals surface area contributed by atoms with Gasteiger partial charge in [0.05, 0.1) is 31.8 Å². The minimum Gasteiger partial charge on any atom is -0.468 e. The predicted octanol–water partition coefficient (Wildman–Crippen LogP) is -0.438. The molecule has 152 valence electrons. The summed E-state index contributed by atoms with van der Waals surface area (Å²) >= 11 is 0. The highest BCUT2D eigenvalue weighted by molar-refractivity contribution is 7.91. The maximum Gasteiger partial charge on any atom is 0.309 e. The average Bonchev–Trinajstić information content (AvgIpc) is 3.19. The molecule has 0 aliphatic rings. The summed E-state index contributed by atoms with van der Waals surface area (Å²) in [6, 6.07) is 11.0. The van der Waals surface area contributed by atoms with E-state index in [0.29, 0.717) is 6.54 Å². The average molecular weight is 409 g/mol. The van der Waals surface area contributed by atoms with Crippen LogP contribution in [0.1, 0.15) is 17.4 Å². The van der Waals surface area contributed by atoms with Crippen LogP contribution in [0.15, 0.2) is 58.0 Å². The van der Waals surface area contributed by atoms with Crippen molar-refractivity contribution in [2.24, 2.45) is 0 Å². The molecule has 8 nitrogen and oxygen atoms in total. The third-order valence-electron chi connectivity index (χ3n) is 4.10. The molecule has 0 saturated carbocycles. The molecule has 0 unspecified atom stereocenters. The summed E-state index contributed by atoms with van der Waals surface area (Å²) in [6.07, 6.45) is 2.10. The third-order valence-corrected chi connectivity index (χ3v) is 6.18. The van der Waals surface area contributed by atoms with Gasteiger partial charge in [0.1, 0.15) is 11.0 Å². The zero-order valence-electron chi connectivity index (χ0n) is 16.0. The van der Waals surface area contributed by atoms with E-state index in [4.69, 9.17) is 4.42 Å². The van der Waals surface area contributed by atoms with Gasteiger partial charge < -0.3 is 20.0 Å². The molecule has 9 heteroatoms. The number of benzene rings is 1. The van der Waals surface area contributed by atoms with Gasteiger partial charge in [0.2, 0.25) is 0 Å². The fourth-order valence-electron chi connectivity index (χ4n) is 2.60. The number of nitrogens with one attached hydrogen (secondary N) is 3. The fraction of sp³-hybridized carbons (Fsp3) is 0.368. The molecule has 1 heterocycles. The van der Waals surface area contributed by atoms with Crippen molar-refractivity contribution in [3.05, 3.63) is 54.5 Å². The predicted molar refractivity (Wildman–Crippen MR) is 103 cm³/mol. The van der Waals surface area contributed by atoms with Crippen LogP contribution in [0.25, 0.3) is 0 Å². The maximum absolute atomic E-state index is 13.0. The third kappa shape index (κ3) is 5.93. The van der Waals surface area contributed by atoms with Gasteiger partial charge in [-0.15, -0.1) is 0 Å². The molecular weight excluding hydrogens is 382 g/mol. The number of quaternary nitrogens is 1. The van der Waals surface area contributed by atoms with Crippen LogP contribution >= 0.6 is 0 Å². The first-order valence-electron chi connectivity index (χ1n) is 8.99. The molecule has 0 aliphatic carbocycles. The number of carbonyl (C=O) groups is 2. The summed E-state index contributed by atoms with van der Waals surface area (Å²) in [7, 11) is 0.174. The largest absolute Gasteiger partial charge is 0.468 e. The molecule has 0 aliphatic heterocycles. The Bertz CT molecular complexity index is 864. The van der Waals surface area contributed by atoms with Crippen LogP contribution in [0.3, 0.4) is 0 Å². The summed E-state index contributed by atoms with van der Waals surface area (Å²) in [4.78, 5) is 25.3. The van der Waals surface area contributed by atoms with Crippen LogP contribution in [0, 0.1) is 0 Å². The molecule has 28 heavy (non-hydrogen) atoms. The Morgan fingerprint density at radius 2 is 1.71 bits per heavy atom. The van der Waals surface area contributed by atoms with Crippen molar-refractivity contribution in [1.29, 1.82) is 0 Å². The van der Waals surface area contributed by atoms with Gasteiger partial charge in [-0.05, 0) is 24.3 Å². The number of sulfone groups is 1. The minimum atomic E-state index is -3.82. The molecule has 2 aromatic rings. The molecule has 2 amide bonds. The summed E-state index contributed by atoms with van der Waals surface area (Å²) in [5.74, 6) is -1.47. The number of carbonyl (C=O) groups excluding carboxylic acids is 2. The van der Waals surface area contributed by atoms with E-state index >= 15 is 0 Å². The van der Waals surface area contributed by atoms with Crippen molar-refractivity contribution in [2.75, 3.05) is 33.7 Å². The lowest BCUT2D eigenvalue weighted by atomic mass is 10.3. The van der Waals surface area contributed by atoms with Crippen LogP contribution in [0.5, 0.6) is 0 Å². The van der Waals surface area contributed by atoms with E-state index < -0.39 is 26.9 Å². The molecule has 0 fully saturated rings. The van der Waals surface area contributed by atoms with E-state index in [9.17, 15) is 18.0 Å². The molecular formula is C19H26N3O5S+. The highest BCUT2D eigenvalue weighted by atomic mass is 32.2. The highest BCUT2D eigenvalue weighted by Gasteiger charge is 2.32. The number of rotatable bonds is 9. The second-order valence-corrected chi connectivity index (χ2v) is 8.77. The van der Waals surface area contributed by atoms with Gasteiger partial charge in [-0.25, -0.2) is 8.42 Å². The SMILES string of the molecule is C[NH+](C)CCCNC(=O)C(=O)NC[C@@H](c1ccco1)S(=O)(=O)c1ccccc1. The number of hydrogen-bond acceptors (Lipinski definition) is 5. The first-order valence-corrected chi connectivity index (χ1v) is 10.5. The first kappa shape index (κ1) is 21.6. The van der Waals surface area contributed by atoms with E-state index in [1.54, 1.807) is 24.3 Å². The van der Waals surface area contributed by atoms with E-state index in [2.05, 4.69) is 10.6 Å². The number of amides is 2. The lowest BCUT2D eigenvalue weighted by Crippen LogP contribution is -3.05. The van der Waals surface area contributed by atoms with E-state index in [-0.39, 0.29) is 17.2 Å². The standard InChI is InChI=1S/C19H25N3O5S/c1-22(2)12-7-11-20-18(23)19(24)21-14-17(16-10-6-13-27-16)28(25,26)15-8-4-3-5-9-15/h3-6,8-10,13,17H,7,11-12,14H2,1-2H3,(H,20,23)(H,21,24)/p+1/t17-/m0/s1. The van der Waals surface area contributed by atoms with Gasteiger partial charge in [-0.1, -0.05) is 18.2 Å². The van der Waals surface area contributed by atoms with Crippen LogP contribution in [0.2, 0.25) is 0 Å². The van der Waals surface area contributed by atoms with Gasteiger partial charge in [0.25, 0.3) is 0 Å². The van der Waals surface area contributed by atoms with Gasteiger partial charge in [-0.2, -0.15) is 0 Å². The molecule has 1 aromatic carbocycles. The van der Waals surface area contributed by atoms with Crippen LogP contribution < -0.4 is 15.5 Å². The van der Waals surface area contributed by atoms with Crippen molar-refractivity contribution in [1.82, 2.24) is 10.6 Å². The fourth-order valence-corrected chi connectivity index (χ4v) is 4.21. The van der Waals surface area contributed by atoms with E-state index in [1.165, 1.54) is 29.4 Å². The Labute approximate surface area is 164 Å². The van der Waals surface area contributed by atoms with Crippen molar-refractivity contribution in [2.45, 2.75) is 16.6 Å².